The van der Waals surface area contributed by atoms with Crippen molar-refractivity contribution in [2.75, 3.05) is 0 Å². The quantitative estimate of drug-likeness (QED) is 0.921. The first-order valence-corrected chi connectivity index (χ1v) is 7.10. The van der Waals surface area contributed by atoms with Gasteiger partial charge in [0, 0.05) is 25.4 Å². The summed E-state index contributed by atoms with van der Waals surface area (Å²) in [6.07, 6.45) is 3.24. The summed E-state index contributed by atoms with van der Waals surface area (Å²) in [6.45, 7) is 1.77. The fraction of sp³-hybridized carbons (Fsp3) is 0.250. The molecule has 0 bridgehead atoms. The zero-order valence-electron chi connectivity index (χ0n) is 10.6. The number of nitrogens with one attached hydrogen (secondary N) is 1. The van der Waals surface area contributed by atoms with Crippen molar-refractivity contribution in [1.29, 1.82) is 0 Å². The first-order chi connectivity index (χ1) is 8.88. The third-order valence-corrected chi connectivity index (χ3v) is 4.04. The lowest BCUT2D eigenvalue weighted by atomic mass is 10.2. The van der Waals surface area contributed by atoms with E-state index in [4.69, 9.17) is 0 Å². The molecule has 1 aromatic heterocycles. The highest BCUT2D eigenvalue weighted by atomic mass is 32.2. The van der Waals surface area contributed by atoms with Crippen molar-refractivity contribution in [1.82, 2.24) is 14.5 Å². The van der Waals surface area contributed by atoms with Gasteiger partial charge in [-0.15, -0.1) is 0 Å². The van der Waals surface area contributed by atoms with Crippen molar-refractivity contribution in [3.05, 3.63) is 47.5 Å². The zero-order chi connectivity index (χ0) is 14.0. The second-order valence-electron chi connectivity index (χ2n) is 4.28. The number of aromatic nitrogens is 2. The van der Waals surface area contributed by atoms with Crippen LogP contribution in [0.3, 0.4) is 0 Å². The Labute approximate surface area is 111 Å². The summed E-state index contributed by atoms with van der Waals surface area (Å²) in [6, 6.07) is 4.01. The van der Waals surface area contributed by atoms with Gasteiger partial charge < -0.3 is 0 Å². The molecular formula is C12H14FN3O2S. The fourth-order valence-electron chi connectivity index (χ4n) is 1.64. The molecule has 2 rings (SSSR count). The molecule has 19 heavy (non-hydrogen) atoms. The van der Waals surface area contributed by atoms with Crippen molar-refractivity contribution in [2.24, 2.45) is 7.05 Å². The molecule has 1 heterocycles. The van der Waals surface area contributed by atoms with Gasteiger partial charge in [-0.3, -0.25) is 4.68 Å². The number of hydrogen-bond donors (Lipinski definition) is 1. The van der Waals surface area contributed by atoms with E-state index in [2.05, 4.69) is 9.82 Å². The van der Waals surface area contributed by atoms with Crippen LogP contribution in [0.4, 0.5) is 4.39 Å². The van der Waals surface area contributed by atoms with Crippen LogP contribution in [0.15, 0.2) is 35.5 Å². The zero-order valence-corrected chi connectivity index (χ0v) is 11.4. The first kappa shape index (κ1) is 13.7. The predicted octanol–water partition coefficient (Wildman–Crippen LogP) is 1.35. The van der Waals surface area contributed by atoms with E-state index in [1.54, 1.807) is 37.1 Å². The Balaban J connectivity index is 2.18. The van der Waals surface area contributed by atoms with Crippen molar-refractivity contribution in [3.8, 4) is 0 Å². The Hall–Kier alpha value is -1.73. The monoisotopic (exact) mass is 283 g/mol. The van der Waals surface area contributed by atoms with E-state index in [9.17, 15) is 12.8 Å². The highest BCUT2D eigenvalue weighted by molar-refractivity contribution is 7.89. The van der Waals surface area contributed by atoms with Crippen LogP contribution in [0.1, 0.15) is 11.1 Å². The maximum atomic E-state index is 13.6. The number of rotatable bonds is 4. The number of benzene rings is 1. The van der Waals surface area contributed by atoms with E-state index < -0.39 is 15.8 Å². The Morgan fingerprint density at radius 1 is 1.42 bits per heavy atom. The van der Waals surface area contributed by atoms with Crippen LogP contribution in [0, 0.1) is 12.7 Å². The number of aryl methyl sites for hydroxylation is 2. The molecular weight excluding hydrogens is 269 g/mol. The van der Waals surface area contributed by atoms with Gasteiger partial charge in [0.25, 0.3) is 0 Å². The fourth-order valence-corrected chi connectivity index (χ4v) is 2.72. The molecule has 5 nitrogen and oxygen atoms in total. The SMILES string of the molecule is Cc1ccc(S(=O)(=O)NCc2cnn(C)c2)c(F)c1. The van der Waals surface area contributed by atoms with E-state index in [1.807, 2.05) is 0 Å². The van der Waals surface area contributed by atoms with E-state index in [0.29, 0.717) is 11.1 Å². The highest BCUT2D eigenvalue weighted by Gasteiger charge is 2.18. The lowest BCUT2D eigenvalue weighted by Gasteiger charge is -2.07. The Kier molecular flexibility index (Phi) is 3.68. The maximum Gasteiger partial charge on any atom is 0.243 e. The van der Waals surface area contributed by atoms with E-state index in [-0.39, 0.29) is 11.4 Å². The Morgan fingerprint density at radius 3 is 2.74 bits per heavy atom. The van der Waals surface area contributed by atoms with Gasteiger partial charge in [0.05, 0.1) is 6.20 Å². The van der Waals surface area contributed by atoms with Gasteiger partial charge in [0.1, 0.15) is 10.7 Å². The Morgan fingerprint density at radius 2 is 2.16 bits per heavy atom. The molecule has 0 aliphatic heterocycles. The van der Waals surface area contributed by atoms with Crippen molar-refractivity contribution in [2.45, 2.75) is 18.4 Å². The minimum absolute atomic E-state index is 0.0729. The third-order valence-electron chi connectivity index (χ3n) is 2.60. The van der Waals surface area contributed by atoms with Crippen molar-refractivity contribution in [3.63, 3.8) is 0 Å². The number of hydrogen-bond acceptors (Lipinski definition) is 3. The summed E-state index contributed by atoms with van der Waals surface area (Å²) < 4.78 is 41.5. The normalized spacial score (nSPS) is 11.7. The molecule has 7 heteroatoms. The van der Waals surface area contributed by atoms with Gasteiger partial charge in [-0.1, -0.05) is 6.07 Å². The van der Waals surface area contributed by atoms with Crippen LogP contribution in [0.25, 0.3) is 0 Å². The molecule has 0 saturated carbocycles. The van der Waals surface area contributed by atoms with Crippen LogP contribution < -0.4 is 4.72 Å². The second kappa shape index (κ2) is 5.10. The first-order valence-electron chi connectivity index (χ1n) is 5.62. The number of halogens is 1. The topological polar surface area (TPSA) is 64.0 Å². The third kappa shape index (κ3) is 3.18. The number of nitrogens with zero attached hydrogens (tertiary/aromatic N) is 2. The lowest BCUT2D eigenvalue weighted by Crippen LogP contribution is -2.24. The smallest absolute Gasteiger partial charge is 0.243 e. The molecule has 0 amide bonds. The van der Waals surface area contributed by atoms with E-state index in [0.717, 1.165) is 0 Å². The maximum absolute atomic E-state index is 13.6. The van der Waals surface area contributed by atoms with E-state index >= 15 is 0 Å². The highest BCUT2D eigenvalue weighted by Crippen LogP contribution is 2.15. The van der Waals surface area contributed by atoms with E-state index in [1.165, 1.54) is 12.1 Å². The summed E-state index contributed by atoms with van der Waals surface area (Å²) in [5.74, 6) is -0.751. The molecule has 1 aromatic carbocycles. The van der Waals surface area contributed by atoms with Gasteiger partial charge in [-0.2, -0.15) is 5.10 Å². The molecule has 0 aliphatic carbocycles. The molecule has 0 spiro atoms. The molecule has 1 N–H and O–H groups in total. The van der Waals surface area contributed by atoms with Gasteiger partial charge >= 0.3 is 0 Å². The van der Waals surface area contributed by atoms with Crippen molar-refractivity contribution < 1.29 is 12.8 Å². The summed E-state index contributed by atoms with van der Waals surface area (Å²) in [7, 11) is -2.12. The van der Waals surface area contributed by atoms with Crippen LogP contribution in [-0.2, 0) is 23.6 Å². The predicted molar refractivity (Wildman–Crippen MR) is 68.4 cm³/mol. The molecule has 0 saturated heterocycles. The molecule has 0 aliphatic rings. The van der Waals surface area contributed by atoms with Crippen LogP contribution in [0.5, 0.6) is 0 Å². The standard InChI is InChI=1S/C12H14FN3O2S/c1-9-3-4-12(11(13)5-9)19(17,18)15-7-10-6-14-16(2)8-10/h3-6,8,15H,7H2,1-2H3. The van der Waals surface area contributed by atoms with Crippen molar-refractivity contribution >= 4 is 10.0 Å². The largest absolute Gasteiger partial charge is 0.275 e. The van der Waals surface area contributed by atoms with Gasteiger partial charge in [0.2, 0.25) is 10.0 Å². The minimum atomic E-state index is -3.86. The Bertz CT molecular complexity index is 695. The molecule has 0 fully saturated rings. The summed E-state index contributed by atoms with van der Waals surface area (Å²) >= 11 is 0. The molecule has 0 unspecified atom stereocenters. The molecule has 102 valence electrons. The summed E-state index contributed by atoms with van der Waals surface area (Å²) in [5, 5.41) is 3.93. The van der Waals surface area contributed by atoms with Gasteiger partial charge in [-0.25, -0.2) is 17.5 Å². The van der Waals surface area contributed by atoms with Gasteiger partial charge in [-0.05, 0) is 24.6 Å². The lowest BCUT2D eigenvalue weighted by molar-refractivity contribution is 0.556. The van der Waals surface area contributed by atoms with Crippen LogP contribution >= 0.6 is 0 Å². The molecule has 0 atom stereocenters. The van der Waals surface area contributed by atoms with Crippen LogP contribution in [0.2, 0.25) is 0 Å². The van der Waals surface area contributed by atoms with Crippen LogP contribution in [-0.4, -0.2) is 18.2 Å². The summed E-state index contributed by atoms with van der Waals surface area (Å²) in [5.41, 5.74) is 1.38. The second-order valence-corrected chi connectivity index (χ2v) is 6.02. The average molecular weight is 283 g/mol. The minimum Gasteiger partial charge on any atom is -0.275 e. The molecule has 2 aromatic rings. The summed E-state index contributed by atoms with van der Waals surface area (Å²) in [4.78, 5) is -0.345. The molecule has 0 radical (unpaired) electrons. The average Bonchev–Trinajstić information content (AvgIpc) is 2.72. The van der Waals surface area contributed by atoms with Gasteiger partial charge in [0.15, 0.2) is 0 Å². The number of sulfonamides is 1.